The lowest BCUT2D eigenvalue weighted by atomic mass is 10.2. The summed E-state index contributed by atoms with van der Waals surface area (Å²) < 4.78 is 0.818. The minimum Gasteiger partial charge on any atom is -0.366 e. The second kappa shape index (κ2) is 4.98. The monoisotopic (exact) mass is 316 g/mol. The fourth-order valence-corrected chi connectivity index (χ4v) is 1.53. The predicted molar refractivity (Wildman–Crippen MR) is 67.7 cm³/mol. The third kappa shape index (κ3) is 3.09. The quantitative estimate of drug-likeness (QED) is 0.404. The van der Waals surface area contributed by atoms with Gasteiger partial charge in [0, 0.05) is 9.64 Å². The van der Waals surface area contributed by atoms with Gasteiger partial charge in [-0.3, -0.25) is 10.1 Å². The van der Waals surface area contributed by atoms with Gasteiger partial charge >= 0.3 is 0 Å². The van der Waals surface area contributed by atoms with Crippen molar-refractivity contribution in [3.8, 4) is 12.3 Å². The summed E-state index contributed by atoms with van der Waals surface area (Å²) in [5, 5.41) is 13.6. The lowest BCUT2D eigenvalue weighted by Crippen LogP contribution is -2.13. The minimum atomic E-state index is -0.423. The minimum absolute atomic E-state index is 0.0454. The normalized spacial score (nSPS) is 11.5. The molecule has 1 aromatic carbocycles. The van der Waals surface area contributed by atoms with Gasteiger partial charge in [0.15, 0.2) is 0 Å². The Hall–Kier alpha value is -1.29. The summed E-state index contributed by atoms with van der Waals surface area (Å²) >= 11 is 2.03. The lowest BCUT2D eigenvalue weighted by Gasteiger charge is -2.09. The summed E-state index contributed by atoms with van der Waals surface area (Å²) in [5.41, 5.74) is 0.495. The van der Waals surface area contributed by atoms with E-state index >= 15 is 0 Å². The Kier molecular flexibility index (Phi) is 3.91. The van der Waals surface area contributed by atoms with Crippen LogP contribution in [0.3, 0.4) is 0 Å². The molecule has 1 rings (SSSR count). The molecule has 78 valence electrons. The summed E-state index contributed by atoms with van der Waals surface area (Å²) in [6, 6.07) is 4.72. The van der Waals surface area contributed by atoms with Gasteiger partial charge < -0.3 is 5.32 Å². The Balaban J connectivity index is 3.07. The number of nitrogens with one attached hydrogen (secondary N) is 1. The number of nitro benzene ring substituents is 1. The van der Waals surface area contributed by atoms with E-state index in [1.165, 1.54) is 6.07 Å². The molecule has 0 fully saturated rings. The van der Waals surface area contributed by atoms with E-state index in [-0.39, 0.29) is 11.7 Å². The molecule has 15 heavy (non-hydrogen) atoms. The summed E-state index contributed by atoms with van der Waals surface area (Å²) in [7, 11) is 0. The molecule has 0 saturated heterocycles. The summed E-state index contributed by atoms with van der Waals surface area (Å²) in [4.78, 5) is 10.3. The molecule has 5 heteroatoms. The molecular formula is C10H9IN2O2. The number of halogens is 1. The third-order valence-electron chi connectivity index (χ3n) is 1.78. The SMILES string of the molecule is C#CC(C)Nc1ccc(I)cc1[N+](=O)[O-]. The van der Waals surface area contributed by atoms with Crippen LogP contribution in [0.25, 0.3) is 0 Å². The second-order valence-electron chi connectivity index (χ2n) is 2.95. The number of terminal acetylenes is 1. The first kappa shape index (κ1) is 11.8. The molecule has 0 saturated carbocycles. The van der Waals surface area contributed by atoms with Crippen LogP contribution in [0.2, 0.25) is 0 Å². The van der Waals surface area contributed by atoms with Crippen molar-refractivity contribution < 1.29 is 4.92 Å². The van der Waals surface area contributed by atoms with Crippen molar-refractivity contribution in [1.82, 2.24) is 0 Å². The molecule has 1 aromatic rings. The lowest BCUT2D eigenvalue weighted by molar-refractivity contribution is -0.384. The molecule has 0 amide bonds. The van der Waals surface area contributed by atoms with E-state index in [2.05, 4.69) is 11.2 Å². The van der Waals surface area contributed by atoms with Crippen LogP contribution in [0, 0.1) is 26.0 Å². The zero-order valence-electron chi connectivity index (χ0n) is 8.03. The molecule has 0 heterocycles. The van der Waals surface area contributed by atoms with Crippen molar-refractivity contribution in [2.24, 2.45) is 0 Å². The summed E-state index contributed by atoms with van der Waals surface area (Å²) in [5.74, 6) is 2.46. The molecule has 0 spiro atoms. The fourth-order valence-electron chi connectivity index (χ4n) is 1.05. The van der Waals surface area contributed by atoms with Crippen molar-refractivity contribution in [3.05, 3.63) is 31.9 Å². The van der Waals surface area contributed by atoms with Gasteiger partial charge in [-0.05, 0) is 41.6 Å². The van der Waals surface area contributed by atoms with Gasteiger partial charge in [0.2, 0.25) is 0 Å². The highest BCUT2D eigenvalue weighted by Gasteiger charge is 2.14. The number of anilines is 1. The van der Waals surface area contributed by atoms with Gasteiger partial charge in [-0.2, -0.15) is 0 Å². The van der Waals surface area contributed by atoms with Crippen molar-refractivity contribution in [2.75, 3.05) is 5.32 Å². The Morgan fingerprint density at radius 3 is 2.87 bits per heavy atom. The van der Waals surface area contributed by atoms with Crippen LogP contribution in [0.5, 0.6) is 0 Å². The van der Waals surface area contributed by atoms with Crippen LogP contribution in [0.1, 0.15) is 6.92 Å². The largest absolute Gasteiger partial charge is 0.366 e. The average Bonchev–Trinajstić information content (AvgIpc) is 2.20. The van der Waals surface area contributed by atoms with Gasteiger partial charge in [-0.15, -0.1) is 6.42 Å². The number of nitro groups is 1. The van der Waals surface area contributed by atoms with Crippen molar-refractivity contribution in [1.29, 1.82) is 0 Å². The Labute approximate surface area is 101 Å². The Morgan fingerprint density at radius 2 is 2.33 bits per heavy atom. The van der Waals surface area contributed by atoms with Crippen LogP contribution in [-0.4, -0.2) is 11.0 Å². The maximum Gasteiger partial charge on any atom is 0.293 e. The van der Waals surface area contributed by atoms with E-state index in [9.17, 15) is 10.1 Å². The van der Waals surface area contributed by atoms with Crippen LogP contribution in [0.15, 0.2) is 18.2 Å². The first-order valence-electron chi connectivity index (χ1n) is 4.21. The molecular weight excluding hydrogens is 307 g/mol. The standard InChI is InChI=1S/C10H9IN2O2/c1-3-7(2)12-9-5-4-8(11)6-10(9)13(14)15/h1,4-7,12H,2H3. The third-order valence-corrected chi connectivity index (χ3v) is 2.45. The average molecular weight is 316 g/mol. The second-order valence-corrected chi connectivity index (χ2v) is 4.20. The van der Waals surface area contributed by atoms with E-state index in [4.69, 9.17) is 6.42 Å². The molecule has 1 unspecified atom stereocenters. The van der Waals surface area contributed by atoms with Crippen LogP contribution in [-0.2, 0) is 0 Å². The highest BCUT2D eigenvalue weighted by atomic mass is 127. The summed E-state index contributed by atoms with van der Waals surface area (Å²) in [6.07, 6.45) is 5.19. The molecule has 1 atom stereocenters. The fraction of sp³-hybridized carbons (Fsp3) is 0.200. The van der Waals surface area contributed by atoms with Crippen LogP contribution >= 0.6 is 22.6 Å². The highest BCUT2D eigenvalue weighted by Crippen LogP contribution is 2.26. The van der Waals surface area contributed by atoms with Gasteiger partial charge in [0.25, 0.3) is 5.69 Å². The molecule has 1 N–H and O–H groups in total. The molecule has 0 radical (unpaired) electrons. The van der Waals surface area contributed by atoms with Crippen molar-refractivity contribution >= 4 is 34.0 Å². The highest BCUT2D eigenvalue weighted by molar-refractivity contribution is 14.1. The van der Waals surface area contributed by atoms with Crippen LogP contribution < -0.4 is 5.32 Å². The zero-order valence-corrected chi connectivity index (χ0v) is 10.2. The van der Waals surface area contributed by atoms with Gasteiger partial charge in [-0.25, -0.2) is 0 Å². The Bertz CT molecular complexity index is 426. The maximum absolute atomic E-state index is 10.8. The molecule has 0 aliphatic heterocycles. The van der Waals surface area contributed by atoms with E-state index in [0.29, 0.717) is 5.69 Å². The number of rotatable bonds is 3. The molecule has 0 aliphatic rings. The van der Waals surface area contributed by atoms with E-state index in [0.717, 1.165) is 3.57 Å². The number of benzene rings is 1. The number of hydrogen-bond donors (Lipinski definition) is 1. The number of hydrogen-bond acceptors (Lipinski definition) is 3. The first-order chi connectivity index (χ1) is 7.04. The van der Waals surface area contributed by atoms with E-state index in [1.54, 1.807) is 19.1 Å². The van der Waals surface area contributed by atoms with Crippen molar-refractivity contribution in [3.63, 3.8) is 0 Å². The Morgan fingerprint density at radius 1 is 1.67 bits per heavy atom. The molecule has 0 aromatic heterocycles. The molecule has 0 aliphatic carbocycles. The van der Waals surface area contributed by atoms with Gasteiger partial charge in [0.05, 0.1) is 11.0 Å². The van der Waals surface area contributed by atoms with Crippen molar-refractivity contribution in [2.45, 2.75) is 13.0 Å². The van der Waals surface area contributed by atoms with E-state index < -0.39 is 4.92 Å². The zero-order chi connectivity index (χ0) is 11.4. The predicted octanol–water partition coefficient (Wildman–Crippen LogP) is 2.63. The first-order valence-corrected chi connectivity index (χ1v) is 5.29. The maximum atomic E-state index is 10.8. The molecule has 0 bridgehead atoms. The smallest absolute Gasteiger partial charge is 0.293 e. The molecule has 4 nitrogen and oxygen atoms in total. The van der Waals surface area contributed by atoms with Crippen LogP contribution in [0.4, 0.5) is 11.4 Å². The van der Waals surface area contributed by atoms with Gasteiger partial charge in [-0.1, -0.05) is 5.92 Å². The van der Waals surface area contributed by atoms with Gasteiger partial charge in [0.1, 0.15) is 5.69 Å². The summed E-state index contributed by atoms with van der Waals surface area (Å²) in [6.45, 7) is 1.77. The van der Waals surface area contributed by atoms with E-state index in [1.807, 2.05) is 22.6 Å². The number of nitrogens with zero attached hydrogens (tertiary/aromatic N) is 1. The topological polar surface area (TPSA) is 55.2 Å².